The summed E-state index contributed by atoms with van der Waals surface area (Å²) in [6.07, 6.45) is 1.19. The van der Waals surface area contributed by atoms with E-state index in [4.69, 9.17) is 10.5 Å². The molecule has 4 heteroatoms. The van der Waals surface area contributed by atoms with Crippen molar-refractivity contribution in [2.45, 2.75) is 20.3 Å². The number of rotatable bonds is 4. The van der Waals surface area contributed by atoms with Crippen LogP contribution < -0.4 is 15.8 Å². The summed E-state index contributed by atoms with van der Waals surface area (Å²) in [6, 6.07) is 2.90. The quantitative estimate of drug-likeness (QED) is 0.793. The van der Waals surface area contributed by atoms with Gasteiger partial charge in [-0.25, -0.2) is 4.39 Å². The van der Waals surface area contributed by atoms with Crippen molar-refractivity contribution in [1.29, 1.82) is 0 Å². The summed E-state index contributed by atoms with van der Waals surface area (Å²) in [5.41, 5.74) is 6.79. The average Bonchev–Trinajstić information content (AvgIpc) is 2.85. The number of methoxy groups -OCH3 is 1. The Labute approximate surface area is 101 Å². The highest BCUT2D eigenvalue weighted by Gasteiger charge is 2.45. The van der Waals surface area contributed by atoms with Gasteiger partial charge in [0, 0.05) is 18.7 Å². The van der Waals surface area contributed by atoms with Crippen LogP contribution in [0.4, 0.5) is 15.8 Å². The van der Waals surface area contributed by atoms with E-state index in [2.05, 4.69) is 19.2 Å². The van der Waals surface area contributed by atoms with Gasteiger partial charge >= 0.3 is 0 Å². The first-order valence-electron chi connectivity index (χ1n) is 5.81. The number of nitrogen functional groups attached to an aromatic ring is 1. The number of hydrogen-bond acceptors (Lipinski definition) is 3. The fourth-order valence-electron chi connectivity index (χ4n) is 2.04. The maximum Gasteiger partial charge on any atom is 0.148 e. The lowest BCUT2D eigenvalue weighted by atomic mass is 10.1. The van der Waals surface area contributed by atoms with Gasteiger partial charge in [-0.3, -0.25) is 0 Å². The Kier molecular flexibility index (Phi) is 2.89. The Bertz CT molecular complexity index is 432. The fraction of sp³-hybridized carbons (Fsp3) is 0.538. The number of hydrogen-bond donors (Lipinski definition) is 2. The second kappa shape index (κ2) is 4.09. The molecule has 0 bridgehead atoms. The van der Waals surface area contributed by atoms with Gasteiger partial charge in [0.1, 0.15) is 11.6 Å². The van der Waals surface area contributed by atoms with E-state index in [0.29, 0.717) is 28.5 Å². The van der Waals surface area contributed by atoms with E-state index >= 15 is 0 Å². The van der Waals surface area contributed by atoms with E-state index in [0.717, 1.165) is 6.54 Å². The highest BCUT2D eigenvalue weighted by Crippen LogP contribution is 2.51. The molecule has 0 amide bonds. The third kappa shape index (κ3) is 2.46. The maximum absolute atomic E-state index is 13.6. The molecule has 0 aromatic heterocycles. The van der Waals surface area contributed by atoms with Crippen LogP contribution in [-0.4, -0.2) is 13.7 Å². The van der Waals surface area contributed by atoms with Gasteiger partial charge in [0.05, 0.1) is 18.5 Å². The van der Waals surface area contributed by atoms with E-state index in [1.807, 2.05) is 0 Å². The lowest BCUT2D eigenvalue weighted by Crippen LogP contribution is -2.09. The second-order valence-corrected chi connectivity index (χ2v) is 5.34. The Hall–Kier alpha value is -1.45. The average molecular weight is 238 g/mol. The number of benzene rings is 1. The number of ether oxygens (including phenoxy) is 1. The van der Waals surface area contributed by atoms with Gasteiger partial charge < -0.3 is 15.8 Å². The highest BCUT2D eigenvalue weighted by atomic mass is 19.1. The molecule has 94 valence electrons. The minimum atomic E-state index is -0.332. The molecule has 1 aliphatic carbocycles. The SMILES string of the molecule is COc1cc(NCC2CC2(C)C)c(F)cc1N. The van der Waals surface area contributed by atoms with Crippen molar-refractivity contribution in [3.63, 3.8) is 0 Å². The summed E-state index contributed by atoms with van der Waals surface area (Å²) in [7, 11) is 1.53. The van der Waals surface area contributed by atoms with Crippen molar-refractivity contribution < 1.29 is 9.13 Å². The Morgan fingerprint density at radius 2 is 2.18 bits per heavy atom. The Balaban J connectivity index is 2.05. The summed E-state index contributed by atoms with van der Waals surface area (Å²) in [5.74, 6) is 0.788. The fourth-order valence-corrected chi connectivity index (χ4v) is 2.04. The van der Waals surface area contributed by atoms with Crippen molar-refractivity contribution in [1.82, 2.24) is 0 Å². The van der Waals surface area contributed by atoms with E-state index in [1.165, 1.54) is 19.6 Å². The van der Waals surface area contributed by atoms with Crippen molar-refractivity contribution in [3.05, 3.63) is 17.9 Å². The zero-order chi connectivity index (χ0) is 12.6. The van der Waals surface area contributed by atoms with Crippen molar-refractivity contribution >= 4 is 11.4 Å². The Morgan fingerprint density at radius 1 is 1.53 bits per heavy atom. The minimum Gasteiger partial charge on any atom is -0.495 e. The topological polar surface area (TPSA) is 47.3 Å². The van der Waals surface area contributed by atoms with Gasteiger partial charge in [-0.1, -0.05) is 13.8 Å². The van der Waals surface area contributed by atoms with Crippen molar-refractivity contribution in [2.24, 2.45) is 11.3 Å². The first kappa shape index (κ1) is 12.0. The Morgan fingerprint density at radius 3 is 2.71 bits per heavy atom. The second-order valence-electron chi connectivity index (χ2n) is 5.34. The lowest BCUT2D eigenvalue weighted by molar-refractivity contribution is 0.416. The summed E-state index contributed by atoms with van der Waals surface area (Å²) in [5, 5.41) is 3.12. The molecule has 1 fully saturated rings. The molecule has 1 atom stereocenters. The molecule has 2 rings (SSSR count). The van der Waals surface area contributed by atoms with E-state index < -0.39 is 0 Å². The zero-order valence-electron chi connectivity index (χ0n) is 10.5. The molecule has 3 nitrogen and oxygen atoms in total. The van der Waals surface area contributed by atoms with Crippen LogP contribution in [-0.2, 0) is 0 Å². The van der Waals surface area contributed by atoms with Gasteiger partial charge in [-0.05, 0) is 17.8 Å². The minimum absolute atomic E-state index is 0.322. The summed E-state index contributed by atoms with van der Waals surface area (Å²) >= 11 is 0. The smallest absolute Gasteiger partial charge is 0.148 e. The van der Waals surface area contributed by atoms with Crippen LogP contribution in [0.2, 0.25) is 0 Å². The molecule has 1 aromatic carbocycles. The summed E-state index contributed by atoms with van der Waals surface area (Å²) in [4.78, 5) is 0. The number of anilines is 2. The first-order valence-corrected chi connectivity index (χ1v) is 5.81. The molecule has 17 heavy (non-hydrogen) atoms. The molecule has 3 N–H and O–H groups in total. The third-order valence-corrected chi connectivity index (χ3v) is 3.58. The normalized spacial score (nSPS) is 21.1. The lowest BCUT2D eigenvalue weighted by Gasteiger charge is -2.12. The monoisotopic (exact) mass is 238 g/mol. The molecule has 1 unspecified atom stereocenters. The predicted octanol–water partition coefficient (Wildman–Crippen LogP) is 2.87. The third-order valence-electron chi connectivity index (χ3n) is 3.58. The highest BCUT2D eigenvalue weighted by molar-refractivity contribution is 5.62. The van der Waals surface area contributed by atoms with Gasteiger partial charge in [-0.15, -0.1) is 0 Å². The van der Waals surface area contributed by atoms with Crippen LogP contribution in [0.1, 0.15) is 20.3 Å². The van der Waals surface area contributed by atoms with Crippen molar-refractivity contribution in [3.8, 4) is 5.75 Å². The van der Waals surface area contributed by atoms with Crippen LogP contribution >= 0.6 is 0 Å². The summed E-state index contributed by atoms with van der Waals surface area (Å²) in [6.45, 7) is 5.23. The first-order chi connectivity index (χ1) is 7.94. The molecule has 1 aromatic rings. The molecular formula is C13H19FN2O. The number of halogens is 1. The van der Waals surface area contributed by atoms with Crippen LogP contribution in [0.5, 0.6) is 5.75 Å². The molecule has 0 saturated heterocycles. The van der Waals surface area contributed by atoms with Gasteiger partial charge in [0.25, 0.3) is 0 Å². The van der Waals surface area contributed by atoms with Gasteiger partial charge in [0.15, 0.2) is 0 Å². The van der Waals surface area contributed by atoms with E-state index in [9.17, 15) is 4.39 Å². The van der Waals surface area contributed by atoms with E-state index in [-0.39, 0.29) is 5.82 Å². The molecular weight excluding hydrogens is 219 g/mol. The molecule has 0 spiro atoms. The number of nitrogens with two attached hydrogens (primary N) is 1. The maximum atomic E-state index is 13.6. The number of nitrogens with one attached hydrogen (secondary N) is 1. The molecule has 1 saturated carbocycles. The largest absolute Gasteiger partial charge is 0.495 e. The zero-order valence-corrected chi connectivity index (χ0v) is 10.5. The standard InChI is InChI=1S/C13H19FN2O/c1-13(2)6-8(13)7-16-11-5-12(17-3)10(15)4-9(11)14/h4-5,8,16H,6-7,15H2,1-3H3. The van der Waals surface area contributed by atoms with Gasteiger partial charge in [-0.2, -0.15) is 0 Å². The molecule has 0 heterocycles. The van der Waals surface area contributed by atoms with Crippen LogP contribution in [0, 0.1) is 17.2 Å². The van der Waals surface area contributed by atoms with Crippen LogP contribution in [0.3, 0.4) is 0 Å². The summed E-state index contributed by atoms with van der Waals surface area (Å²) < 4.78 is 18.7. The van der Waals surface area contributed by atoms with Crippen molar-refractivity contribution in [2.75, 3.05) is 24.7 Å². The van der Waals surface area contributed by atoms with E-state index in [1.54, 1.807) is 6.07 Å². The van der Waals surface area contributed by atoms with Gasteiger partial charge in [0.2, 0.25) is 0 Å². The van der Waals surface area contributed by atoms with Crippen LogP contribution in [0.25, 0.3) is 0 Å². The predicted molar refractivity (Wildman–Crippen MR) is 67.7 cm³/mol. The van der Waals surface area contributed by atoms with Crippen LogP contribution in [0.15, 0.2) is 12.1 Å². The molecule has 0 radical (unpaired) electrons. The molecule has 1 aliphatic rings. The molecule has 0 aliphatic heterocycles.